The molecular formula is C19H20F3NO3S2. The summed E-state index contributed by atoms with van der Waals surface area (Å²) in [6.07, 6.45) is -2.98. The van der Waals surface area contributed by atoms with Crippen LogP contribution in [-0.2, 0) is 26.8 Å². The van der Waals surface area contributed by atoms with Gasteiger partial charge in [-0.3, -0.25) is 4.21 Å². The van der Waals surface area contributed by atoms with Crippen molar-refractivity contribution in [2.75, 3.05) is 17.7 Å². The van der Waals surface area contributed by atoms with Crippen molar-refractivity contribution in [1.82, 2.24) is 0 Å². The number of hydrogen-bond donors (Lipinski definition) is 0. The normalized spacial score (nSPS) is 21.7. The molecule has 3 atom stereocenters. The number of benzene rings is 2. The maximum absolute atomic E-state index is 13.3. The van der Waals surface area contributed by atoms with Crippen LogP contribution in [0.15, 0.2) is 58.3 Å². The summed E-state index contributed by atoms with van der Waals surface area (Å²) in [5, 5.41) is -0.957. The largest absolute Gasteiger partial charge is 0.417 e. The molecule has 1 unspecified atom stereocenters. The van der Waals surface area contributed by atoms with E-state index in [0.29, 0.717) is 10.6 Å². The Balaban J connectivity index is 1.95. The second-order valence-electron chi connectivity index (χ2n) is 6.85. The standard InChI is InChI=1S/C19H20F3NO3S2/c1-13-10-16(12-23(13)14-6-5-7-15(11-14)27(2)24)28(25,26)18-9-4-3-8-17(18)19(20,21)22/h3-9,11,13,16H,10,12H2,1-2H3/t13-,16-,27?/m1/s1. The van der Waals surface area contributed by atoms with Crippen LogP contribution >= 0.6 is 0 Å². The fourth-order valence-electron chi connectivity index (χ4n) is 3.54. The zero-order valence-corrected chi connectivity index (χ0v) is 16.9. The number of alkyl halides is 3. The molecule has 0 amide bonds. The van der Waals surface area contributed by atoms with Crippen LogP contribution in [0.3, 0.4) is 0 Å². The van der Waals surface area contributed by atoms with E-state index in [0.717, 1.165) is 12.1 Å². The Morgan fingerprint density at radius 2 is 1.79 bits per heavy atom. The summed E-state index contributed by atoms with van der Waals surface area (Å²) in [7, 11) is -5.36. The molecule has 9 heteroatoms. The van der Waals surface area contributed by atoms with Gasteiger partial charge in [0.2, 0.25) is 0 Å². The maximum Gasteiger partial charge on any atom is 0.417 e. The smallest absolute Gasteiger partial charge is 0.367 e. The van der Waals surface area contributed by atoms with Gasteiger partial charge in [-0.25, -0.2) is 8.42 Å². The third kappa shape index (κ3) is 3.96. The molecule has 1 heterocycles. The zero-order valence-electron chi connectivity index (χ0n) is 15.3. The first-order valence-corrected chi connectivity index (χ1v) is 11.7. The van der Waals surface area contributed by atoms with E-state index in [4.69, 9.17) is 0 Å². The van der Waals surface area contributed by atoms with Gasteiger partial charge in [-0.05, 0) is 43.7 Å². The molecule has 2 aromatic rings. The van der Waals surface area contributed by atoms with Crippen molar-refractivity contribution in [3.8, 4) is 0 Å². The van der Waals surface area contributed by atoms with Crippen molar-refractivity contribution in [2.45, 2.75) is 40.6 Å². The summed E-state index contributed by atoms with van der Waals surface area (Å²) in [5.74, 6) is 0. The Morgan fingerprint density at radius 1 is 1.11 bits per heavy atom. The average molecular weight is 432 g/mol. The molecule has 0 radical (unpaired) electrons. The number of nitrogens with zero attached hydrogens (tertiary/aromatic N) is 1. The minimum atomic E-state index is -4.74. The fraction of sp³-hybridized carbons (Fsp3) is 0.368. The molecule has 2 aromatic carbocycles. The Bertz CT molecular complexity index is 1010. The third-order valence-electron chi connectivity index (χ3n) is 4.96. The Kier molecular flexibility index (Phi) is 5.60. The highest BCUT2D eigenvalue weighted by Gasteiger charge is 2.43. The first-order valence-electron chi connectivity index (χ1n) is 8.62. The van der Waals surface area contributed by atoms with Crippen LogP contribution in [0.1, 0.15) is 18.9 Å². The number of rotatable bonds is 4. The number of sulfone groups is 1. The monoisotopic (exact) mass is 431 g/mol. The molecule has 0 N–H and O–H groups in total. The molecule has 1 saturated heterocycles. The van der Waals surface area contributed by atoms with Gasteiger partial charge in [0, 0.05) is 40.2 Å². The average Bonchev–Trinajstić information content (AvgIpc) is 3.03. The molecule has 1 aliphatic rings. The second-order valence-corrected chi connectivity index (χ2v) is 10.4. The van der Waals surface area contributed by atoms with Crippen molar-refractivity contribution in [3.05, 3.63) is 54.1 Å². The molecule has 0 saturated carbocycles. The van der Waals surface area contributed by atoms with Crippen molar-refractivity contribution >= 4 is 26.3 Å². The van der Waals surface area contributed by atoms with Gasteiger partial charge in [0.05, 0.1) is 15.7 Å². The van der Waals surface area contributed by atoms with Crippen LogP contribution in [0, 0.1) is 0 Å². The Labute approximate surface area is 164 Å². The fourth-order valence-corrected chi connectivity index (χ4v) is 6.10. The summed E-state index contributed by atoms with van der Waals surface area (Å²) in [5.41, 5.74) is -0.425. The number of halogens is 3. The SMILES string of the molecule is C[C@@H]1C[C@@H](S(=O)(=O)c2ccccc2C(F)(F)F)CN1c1cccc(S(C)=O)c1. The highest BCUT2D eigenvalue weighted by atomic mass is 32.2. The summed E-state index contributed by atoms with van der Waals surface area (Å²) in [4.78, 5) is 1.78. The van der Waals surface area contributed by atoms with Crippen molar-refractivity contribution < 1.29 is 25.8 Å². The molecule has 1 fully saturated rings. The molecule has 0 aromatic heterocycles. The van der Waals surface area contributed by atoms with Gasteiger partial charge in [0.1, 0.15) is 0 Å². The van der Waals surface area contributed by atoms with Crippen molar-refractivity contribution in [2.24, 2.45) is 0 Å². The highest BCUT2D eigenvalue weighted by Crippen LogP contribution is 2.38. The molecule has 0 aliphatic carbocycles. The first-order chi connectivity index (χ1) is 13.0. The minimum Gasteiger partial charge on any atom is -0.367 e. The summed E-state index contributed by atoms with van der Waals surface area (Å²) in [6.45, 7) is 1.91. The molecule has 1 aliphatic heterocycles. The lowest BCUT2D eigenvalue weighted by atomic mass is 10.2. The van der Waals surface area contributed by atoms with Crippen LogP contribution in [0.25, 0.3) is 0 Å². The molecule has 3 rings (SSSR count). The summed E-state index contributed by atoms with van der Waals surface area (Å²) in [6, 6.07) is 11.1. The van der Waals surface area contributed by atoms with E-state index in [1.807, 2.05) is 11.8 Å². The van der Waals surface area contributed by atoms with E-state index >= 15 is 0 Å². The quantitative estimate of drug-likeness (QED) is 0.737. The van der Waals surface area contributed by atoms with E-state index in [-0.39, 0.29) is 19.0 Å². The van der Waals surface area contributed by atoms with Crippen LogP contribution in [-0.4, -0.2) is 36.7 Å². The molecule has 152 valence electrons. The zero-order chi connectivity index (χ0) is 20.7. The van der Waals surface area contributed by atoms with E-state index in [2.05, 4.69) is 0 Å². The predicted molar refractivity (Wildman–Crippen MR) is 103 cm³/mol. The van der Waals surface area contributed by atoms with E-state index < -0.39 is 42.5 Å². The van der Waals surface area contributed by atoms with E-state index in [1.165, 1.54) is 12.1 Å². The van der Waals surface area contributed by atoms with Crippen LogP contribution < -0.4 is 4.90 Å². The number of anilines is 1. The lowest BCUT2D eigenvalue weighted by Crippen LogP contribution is -2.30. The van der Waals surface area contributed by atoms with Gasteiger partial charge >= 0.3 is 6.18 Å². The lowest BCUT2D eigenvalue weighted by Gasteiger charge is -2.24. The molecule has 0 spiro atoms. The molecule has 28 heavy (non-hydrogen) atoms. The number of hydrogen-bond acceptors (Lipinski definition) is 4. The molecule has 4 nitrogen and oxygen atoms in total. The lowest BCUT2D eigenvalue weighted by molar-refractivity contribution is -0.139. The van der Waals surface area contributed by atoms with E-state index in [1.54, 1.807) is 30.5 Å². The van der Waals surface area contributed by atoms with Crippen molar-refractivity contribution in [3.63, 3.8) is 0 Å². The van der Waals surface area contributed by atoms with Gasteiger partial charge in [-0.2, -0.15) is 13.2 Å². The molecule has 0 bridgehead atoms. The summed E-state index contributed by atoms with van der Waals surface area (Å²) >= 11 is 0. The second kappa shape index (κ2) is 7.51. The van der Waals surface area contributed by atoms with Gasteiger partial charge < -0.3 is 4.90 Å². The van der Waals surface area contributed by atoms with Gasteiger partial charge in [0.25, 0.3) is 0 Å². The molecular weight excluding hydrogens is 411 g/mol. The Hall–Kier alpha value is -1.87. The third-order valence-corrected chi connectivity index (χ3v) is 8.06. The van der Waals surface area contributed by atoms with Gasteiger partial charge in [-0.1, -0.05) is 18.2 Å². The topological polar surface area (TPSA) is 54.5 Å². The van der Waals surface area contributed by atoms with Crippen LogP contribution in [0.4, 0.5) is 18.9 Å². The van der Waals surface area contributed by atoms with Gasteiger partial charge in [0.15, 0.2) is 9.84 Å². The minimum absolute atomic E-state index is 0.0789. The maximum atomic E-state index is 13.3. The summed E-state index contributed by atoms with van der Waals surface area (Å²) < 4.78 is 77.7. The van der Waals surface area contributed by atoms with Gasteiger partial charge in [-0.15, -0.1) is 0 Å². The first kappa shape index (κ1) is 20.9. The van der Waals surface area contributed by atoms with Crippen LogP contribution in [0.2, 0.25) is 0 Å². The van der Waals surface area contributed by atoms with E-state index in [9.17, 15) is 25.8 Å². The highest BCUT2D eigenvalue weighted by molar-refractivity contribution is 7.92. The predicted octanol–water partition coefficient (Wildman–Crippen LogP) is 3.88. The van der Waals surface area contributed by atoms with Crippen LogP contribution in [0.5, 0.6) is 0 Å². The van der Waals surface area contributed by atoms with Crippen molar-refractivity contribution in [1.29, 1.82) is 0 Å². The Morgan fingerprint density at radius 3 is 2.43 bits per heavy atom.